The molecule has 26 heavy (non-hydrogen) atoms. The summed E-state index contributed by atoms with van der Waals surface area (Å²) in [5.74, 6) is 0. The summed E-state index contributed by atoms with van der Waals surface area (Å²) in [4.78, 5) is 3.79. The number of rotatable bonds is 6. The Hall–Kier alpha value is -0.930. The van der Waals surface area contributed by atoms with Crippen LogP contribution in [0.5, 0.6) is 0 Å². The highest BCUT2D eigenvalue weighted by Gasteiger charge is 2.50. The molecule has 12 nitrogen and oxygen atoms in total. The van der Waals surface area contributed by atoms with Crippen molar-refractivity contribution in [2.24, 2.45) is 4.99 Å². The van der Waals surface area contributed by atoms with Crippen LogP contribution in [0.25, 0.3) is 0 Å². The van der Waals surface area contributed by atoms with E-state index in [0.29, 0.717) is 0 Å². The third kappa shape index (κ3) is 4.31. The number of aliphatic hydroxyl groups excluding tert-OH is 7. The largest absolute Gasteiger partial charge is 0.487 e. The van der Waals surface area contributed by atoms with Crippen LogP contribution in [0.2, 0.25) is 0 Å². The summed E-state index contributed by atoms with van der Waals surface area (Å²) in [6.45, 7) is -1.30. The molecule has 152 valence electrons. The van der Waals surface area contributed by atoms with E-state index in [-0.39, 0.29) is 0 Å². The van der Waals surface area contributed by atoms with Crippen molar-refractivity contribution in [3.05, 3.63) is 0 Å². The Morgan fingerprint density at radius 1 is 0.885 bits per heavy atom. The second kappa shape index (κ2) is 9.32. The van der Waals surface area contributed by atoms with Crippen LogP contribution >= 0.6 is 0 Å². The highest BCUT2D eigenvalue weighted by Crippen LogP contribution is 2.29. The second-order valence-electron chi connectivity index (χ2n) is 6.02. The standard InChI is InChI=1S/C14H25NO11/c1-23-4-15-7-9(19)12(6(3-17)24-13(7)22)26-14-11(21)10(20)8(18)5(2-16)25-14/h4-14,16-22H,2-3H2,1H3. The van der Waals surface area contributed by atoms with Crippen molar-refractivity contribution in [3.8, 4) is 0 Å². The van der Waals surface area contributed by atoms with Crippen LogP contribution in [-0.4, -0.2) is 124 Å². The lowest BCUT2D eigenvalue weighted by molar-refractivity contribution is -0.344. The number of hydrogen-bond donors (Lipinski definition) is 7. The van der Waals surface area contributed by atoms with Crippen molar-refractivity contribution in [1.82, 2.24) is 0 Å². The molecule has 0 radical (unpaired) electrons. The van der Waals surface area contributed by atoms with Crippen molar-refractivity contribution in [2.75, 3.05) is 20.3 Å². The summed E-state index contributed by atoms with van der Waals surface area (Å²) < 4.78 is 20.5. The van der Waals surface area contributed by atoms with Crippen molar-refractivity contribution < 1.29 is 54.7 Å². The molecule has 0 saturated carbocycles. The monoisotopic (exact) mass is 383 g/mol. The van der Waals surface area contributed by atoms with E-state index in [1.165, 1.54) is 7.11 Å². The molecular formula is C14H25NO11. The Balaban J connectivity index is 2.17. The van der Waals surface area contributed by atoms with E-state index in [0.717, 1.165) is 6.40 Å². The van der Waals surface area contributed by atoms with Crippen LogP contribution in [0.4, 0.5) is 0 Å². The summed E-state index contributed by atoms with van der Waals surface area (Å²) in [5, 5.41) is 68.6. The van der Waals surface area contributed by atoms with E-state index >= 15 is 0 Å². The fraction of sp³-hybridized carbons (Fsp3) is 0.929. The van der Waals surface area contributed by atoms with Gasteiger partial charge >= 0.3 is 0 Å². The van der Waals surface area contributed by atoms with E-state index in [9.17, 15) is 35.7 Å². The minimum Gasteiger partial charge on any atom is -0.487 e. The van der Waals surface area contributed by atoms with E-state index in [1.54, 1.807) is 0 Å². The number of aliphatic imine (C=N–C) groups is 1. The van der Waals surface area contributed by atoms with E-state index in [4.69, 9.17) is 14.2 Å². The Morgan fingerprint density at radius 3 is 2.12 bits per heavy atom. The van der Waals surface area contributed by atoms with Crippen molar-refractivity contribution in [1.29, 1.82) is 0 Å². The molecule has 2 aliphatic heterocycles. The van der Waals surface area contributed by atoms with Gasteiger partial charge in [-0.2, -0.15) is 0 Å². The smallest absolute Gasteiger partial charge is 0.187 e. The second-order valence-corrected chi connectivity index (χ2v) is 6.02. The zero-order valence-electron chi connectivity index (χ0n) is 14.0. The SMILES string of the molecule is COC=NC1C(O)OC(CO)C(OC2OC(CO)C(O)C(O)C2O)C1O. The molecule has 10 unspecified atom stereocenters. The Kier molecular flexibility index (Phi) is 7.66. The average molecular weight is 383 g/mol. The number of methoxy groups -OCH3 is 1. The fourth-order valence-electron chi connectivity index (χ4n) is 2.86. The van der Waals surface area contributed by atoms with Gasteiger partial charge in [0, 0.05) is 0 Å². The topological polar surface area (TPSA) is 191 Å². The molecule has 0 aromatic heterocycles. The maximum Gasteiger partial charge on any atom is 0.187 e. The number of hydrogen-bond acceptors (Lipinski definition) is 12. The first kappa shape index (κ1) is 21.4. The third-order valence-corrected chi connectivity index (χ3v) is 4.32. The first-order chi connectivity index (χ1) is 12.3. The quantitative estimate of drug-likeness (QED) is 0.172. The molecule has 2 fully saturated rings. The fourth-order valence-corrected chi connectivity index (χ4v) is 2.86. The molecule has 2 rings (SSSR count). The number of nitrogens with zero attached hydrogens (tertiary/aromatic N) is 1. The van der Waals surface area contributed by atoms with Crippen molar-refractivity contribution in [2.45, 2.75) is 61.3 Å². The molecule has 7 N–H and O–H groups in total. The van der Waals surface area contributed by atoms with Gasteiger partial charge in [-0.25, -0.2) is 4.99 Å². The summed E-state index contributed by atoms with van der Waals surface area (Å²) in [7, 11) is 1.31. The molecule has 2 aliphatic rings. The molecular weight excluding hydrogens is 358 g/mol. The lowest BCUT2D eigenvalue weighted by atomic mass is 9.96. The maximum atomic E-state index is 10.4. The van der Waals surface area contributed by atoms with Gasteiger partial charge in [0.25, 0.3) is 0 Å². The van der Waals surface area contributed by atoms with Crippen molar-refractivity contribution >= 4 is 6.40 Å². The predicted octanol–water partition coefficient (Wildman–Crippen LogP) is -4.71. The van der Waals surface area contributed by atoms with Gasteiger partial charge in [0.15, 0.2) is 19.0 Å². The van der Waals surface area contributed by atoms with Crippen LogP contribution in [-0.2, 0) is 18.9 Å². The van der Waals surface area contributed by atoms with E-state index < -0.39 is 74.6 Å². The molecule has 12 heteroatoms. The molecule has 2 saturated heterocycles. The van der Waals surface area contributed by atoms with E-state index in [2.05, 4.69) is 9.73 Å². The van der Waals surface area contributed by atoms with Gasteiger partial charge in [0.05, 0.1) is 20.3 Å². The first-order valence-electron chi connectivity index (χ1n) is 7.98. The highest BCUT2D eigenvalue weighted by atomic mass is 16.7. The number of aliphatic hydroxyl groups is 7. The van der Waals surface area contributed by atoms with Gasteiger partial charge in [0.2, 0.25) is 0 Å². The lowest BCUT2D eigenvalue weighted by Crippen LogP contribution is -2.64. The minimum atomic E-state index is -1.70. The van der Waals surface area contributed by atoms with Gasteiger partial charge in [0.1, 0.15) is 48.8 Å². The molecule has 10 atom stereocenters. The summed E-state index contributed by atoms with van der Waals surface area (Å²) >= 11 is 0. The minimum absolute atomic E-state index is 0.642. The summed E-state index contributed by atoms with van der Waals surface area (Å²) in [6, 6.07) is -1.22. The molecule has 0 spiro atoms. The zero-order valence-corrected chi connectivity index (χ0v) is 14.0. The van der Waals surface area contributed by atoms with Crippen LogP contribution in [0.15, 0.2) is 4.99 Å². The summed E-state index contributed by atoms with van der Waals surface area (Å²) in [6.07, 6.45) is -12.3. The number of ether oxygens (including phenoxy) is 4. The molecule has 2 heterocycles. The zero-order chi connectivity index (χ0) is 19.4. The Morgan fingerprint density at radius 2 is 1.54 bits per heavy atom. The first-order valence-corrected chi connectivity index (χ1v) is 7.98. The normalized spacial score (nSPS) is 47.2. The maximum absolute atomic E-state index is 10.4. The molecule has 0 amide bonds. The highest BCUT2D eigenvalue weighted by molar-refractivity contribution is 5.46. The third-order valence-electron chi connectivity index (χ3n) is 4.32. The van der Waals surface area contributed by atoms with Crippen LogP contribution in [0, 0.1) is 0 Å². The van der Waals surface area contributed by atoms with E-state index in [1.807, 2.05) is 0 Å². The molecule has 0 aromatic carbocycles. The predicted molar refractivity (Wildman–Crippen MR) is 81.9 cm³/mol. The van der Waals surface area contributed by atoms with Gasteiger partial charge in [-0.3, -0.25) is 0 Å². The Bertz CT molecular complexity index is 464. The van der Waals surface area contributed by atoms with Gasteiger partial charge < -0.3 is 54.7 Å². The van der Waals surface area contributed by atoms with Crippen LogP contribution < -0.4 is 0 Å². The van der Waals surface area contributed by atoms with Gasteiger partial charge in [-0.05, 0) is 0 Å². The van der Waals surface area contributed by atoms with Crippen LogP contribution in [0.1, 0.15) is 0 Å². The van der Waals surface area contributed by atoms with Crippen molar-refractivity contribution in [3.63, 3.8) is 0 Å². The average Bonchev–Trinajstić information content (AvgIpc) is 2.63. The summed E-state index contributed by atoms with van der Waals surface area (Å²) in [5.41, 5.74) is 0. The Labute approximate surface area is 148 Å². The molecule has 0 bridgehead atoms. The van der Waals surface area contributed by atoms with Gasteiger partial charge in [-0.15, -0.1) is 0 Å². The lowest BCUT2D eigenvalue weighted by Gasteiger charge is -2.45. The van der Waals surface area contributed by atoms with Gasteiger partial charge in [-0.1, -0.05) is 0 Å². The van der Waals surface area contributed by atoms with Crippen LogP contribution in [0.3, 0.4) is 0 Å². The molecule has 0 aromatic rings. The molecule has 0 aliphatic carbocycles.